The van der Waals surface area contributed by atoms with Gasteiger partial charge in [-0.3, -0.25) is 34.7 Å². The fourth-order valence-electron chi connectivity index (χ4n) is 7.09. The van der Waals surface area contributed by atoms with Gasteiger partial charge < -0.3 is 15.3 Å². The monoisotopic (exact) mass is 974 g/mol. The molecule has 0 fully saturated rings. The smallest absolute Gasteiger partial charge is 0.336 e. The third kappa shape index (κ3) is 11.3. The molecule has 10 rings (SSSR count). The number of carbonyl (C=O) groups is 4. The number of aromatic carboxylic acids is 3. The van der Waals surface area contributed by atoms with Crippen LogP contribution in [0.15, 0.2) is 183 Å². The summed E-state index contributed by atoms with van der Waals surface area (Å²) in [6, 6.07) is 41.1. The molecule has 0 radical (unpaired) electrons. The minimum Gasteiger partial charge on any atom is -0.478 e. The standard InChI is InChI=1S/C17H14N2O3.C14H8N2O4.2C11H9N.Ru/c1-9(2)16(20)12-5-7-18-14-10(12)3-4-11-13(17(21)22)6-8-19-15(11)14;17-13(18)9-3-5-15-11-7(9)1-2-8-10(14(19)20)4-6-16-12(8)11;2*1-2-4-10(5-3-1)11-6-8-12-9-7-11;/h3-9H,1-2H3,(H,21,22);1-6H,(H,17,18)(H,19,20);2*1-9H;. The van der Waals surface area contributed by atoms with Crippen LogP contribution in [0.5, 0.6) is 0 Å². The Hall–Kier alpha value is -8.48. The van der Waals surface area contributed by atoms with Gasteiger partial charge in [0.15, 0.2) is 5.78 Å². The van der Waals surface area contributed by atoms with Gasteiger partial charge in [0.1, 0.15) is 0 Å². The van der Waals surface area contributed by atoms with Crippen molar-refractivity contribution >= 4 is 67.3 Å². The predicted molar refractivity (Wildman–Crippen MR) is 253 cm³/mol. The Kier molecular flexibility index (Phi) is 16.1. The van der Waals surface area contributed by atoms with Crippen molar-refractivity contribution in [1.29, 1.82) is 0 Å². The first-order chi connectivity index (χ1) is 32.0. The summed E-state index contributed by atoms with van der Waals surface area (Å²) in [5, 5.41) is 29.7. The van der Waals surface area contributed by atoms with Crippen LogP contribution in [0.4, 0.5) is 0 Å². The van der Waals surface area contributed by atoms with Gasteiger partial charge in [0.2, 0.25) is 0 Å². The van der Waals surface area contributed by atoms with Gasteiger partial charge >= 0.3 is 17.9 Å². The number of ketones is 1. The molecule has 14 heteroatoms. The first-order valence-corrected chi connectivity index (χ1v) is 20.5. The Bertz CT molecular complexity index is 3120. The van der Waals surface area contributed by atoms with Crippen LogP contribution >= 0.6 is 0 Å². The van der Waals surface area contributed by atoms with Crippen molar-refractivity contribution in [2.75, 3.05) is 0 Å². The molecular formula is C53H40N6O7Ru. The van der Waals surface area contributed by atoms with Crippen LogP contribution in [-0.4, -0.2) is 68.9 Å². The van der Waals surface area contributed by atoms with E-state index in [4.69, 9.17) is 10.2 Å². The third-order valence-corrected chi connectivity index (χ3v) is 10.3. The molecule has 0 unspecified atom stereocenters. The van der Waals surface area contributed by atoms with Gasteiger partial charge in [-0.15, -0.1) is 0 Å². The number of aromatic nitrogens is 6. The summed E-state index contributed by atoms with van der Waals surface area (Å²) < 4.78 is 0. The average Bonchev–Trinajstić information content (AvgIpc) is 3.36. The molecule has 3 N–H and O–H groups in total. The molecule has 6 heterocycles. The number of hydrogen-bond donors (Lipinski definition) is 3. The number of hydrogen-bond acceptors (Lipinski definition) is 10. The largest absolute Gasteiger partial charge is 0.478 e. The normalized spacial score (nSPS) is 10.4. The van der Waals surface area contributed by atoms with Gasteiger partial charge in [-0.25, -0.2) is 14.4 Å². The van der Waals surface area contributed by atoms with E-state index in [0.29, 0.717) is 49.2 Å². The first kappa shape index (κ1) is 48.0. The maximum absolute atomic E-state index is 12.3. The van der Waals surface area contributed by atoms with Crippen LogP contribution in [0.2, 0.25) is 0 Å². The van der Waals surface area contributed by atoms with E-state index in [-0.39, 0.29) is 47.9 Å². The summed E-state index contributed by atoms with van der Waals surface area (Å²) in [4.78, 5) is 70.8. The van der Waals surface area contributed by atoms with E-state index < -0.39 is 17.9 Å². The number of rotatable bonds is 7. The molecule has 4 aromatic carbocycles. The summed E-state index contributed by atoms with van der Waals surface area (Å²) in [5.74, 6) is -3.24. The topological polar surface area (TPSA) is 206 Å². The summed E-state index contributed by atoms with van der Waals surface area (Å²) in [6.07, 6.45) is 13.0. The van der Waals surface area contributed by atoms with Crippen LogP contribution in [0.25, 0.3) is 65.9 Å². The van der Waals surface area contributed by atoms with Crippen LogP contribution in [0.1, 0.15) is 55.3 Å². The molecule has 10 aromatic rings. The number of carbonyl (C=O) groups excluding carboxylic acids is 1. The number of Topliss-reactive ketones (excluding diaryl/α,β-unsaturated/α-hetero) is 1. The maximum atomic E-state index is 12.3. The molecule has 0 saturated carbocycles. The quantitative estimate of drug-likeness (QED) is 0.0773. The Morgan fingerprint density at radius 1 is 0.358 bits per heavy atom. The van der Waals surface area contributed by atoms with Crippen LogP contribution in [0, 0.1) is 5.92 Å². The van der Waals surface area contributed by atoms with E-state index in [1.54, 1.807) is 36.5 Å². The van der Waals surface area contributed by atoms with Crippen molar-refractivity contribution < 1.29 is 54.0 Å². The van der Waals surface area contributed by atoms with Crippen molar-refractivity contribution in [2.24, 2.45) is 5.92 Å². The number of carboxylic acids is 3. The SMILES string of the molecule is CC(C)C(=O)c1ccnc2c1ccc1c(C(=O)O)ccnc12.O=C(O)c1ccnc2c1ccc1c(C(=O)O)ccnc12.[Ru].c1ccc(-c2ccncc2)cc1.c1ccc(-c2ccncc2)cc1. The van der Waals surface area contributed by atoms with Crippen molar-refractivity contribution in [3.63, 3.8) is 0 Å². The summed E-state index contributed by atoms with van der Waals surface area (Å²) in [6.45, 7) is 3.69. The van der Waals surface area contributed by atoms with E-state index in [9.17, 15) is 24.3 Å². The van der Waals surface area contributed by atoms with Gasteiger partial charge in [0.05, 0.1) is 38.8 Å². The average molecular weight is 974 g/mol. The van der Waals surface area contributed by atoms with E-state index in [0.717, 1.165) is 0 Å². The van der Waals surface area contributed by atoms with E-state index in [1.165, 1.54) is 59.0 Å². The van der Waals surface area contributed by atoms with Crippen LogP contribution in [-0.2, 0) is 19.5 Å². The van der Waals surface area contributed by atoms with Crippen molar-refractivity contribution in [1.82, 2.24) is 29.9 Å². The minimum atomic E-state index is -1.06. The second-order valence-corrected chi connectivity index (χ2v) is 14.8. The molecule has 6 aromatic heterocycles. The van der Waals surface area contributed by atoms with Gasteiger partial charge in [-0.05, 0) is 70.8 Å². The second-order valence-electron chi connectivity index (χ2n) is 14.8. The summed E-state index contributed by atoms with van der Waals surface area (Å²) >= 11 is 0. The summed E-state index contributed by atoms with van der Waals surface area (Å²) in [5.41, 5.74) is 7.69. The first-order valence-electron chi connectivity index (χ1n) is 20.5. The molecule has 0 aliphatic heterocycles. The zero-order chi connectivity index (χ0) is 46.6. The van der Waals surface area contributed by atoms with Crippen LogP contribution in [0.3, 0.4) is 0 Å². The van der Waals surface area contributed by atoms with Gasteiger partial charge in [0, 0.05) is 102 Å². The van der Waals surface area contributed by atoms with Crippen molar-refractivity contribution in [2.45, 2.75) is 13.8 Å². The van der Waals surface area contributed by atoms with E-state index >= 15 is 0 Å². The molecule has 0 spiro atoms. The molecule has 67 heavy (non-hydrogen) atoms. The Labute approximate surface area is 396 Å². The van der Waals surface area contributed by atoms with E-state index in [1.807, 2.05) is 99.3 Å². The van der Waals surface area contributed by atoms with Crippen LogP contribution < -0.4 is 0 Å². The van der Waals surface area contributed by atoms with Gasteiger partial charge in [-0.1, -0.05) is 98.8 Å². The fraction of sp³-hybridized carbons (Fsp3) is 0.0566. The van der Waals surface area contributed by atoms with Crippen molar-refractivity contribution in [3.8, 4) is 22.3 Å². The predicted octanol–water partition coefficient (Wildman–Crippen LogP) is 11.0. The molecule has 0 aliphatic rings. The summed E-state index contributed by atoms with van der Waals surface area (Å²) in [7, 11) is 0. The molecule has 0 aliphatic carbocycles. The number of pyridine rings is 6. The number of benzene rings is 4. The number of nitrogens with zero attached hydrogens (tertiary/aromatic N) is 6. The molecular weight excluding hydrogens is 934 g/mol. The number of carboxylic acid groups (broad SMARTS) is 3. The minimum absolute atomic E-state index is 0. The fourth-order valence-corrected chi connectivity index (χ4v) is 7.09. The molecule has 332 valence electrons. The van der Waals surface area contributed by atoms with E-state index in [2.05, 4.69) is 54.2 Å². The zero-order valence-corrected chi connectivity index (χ0v) is 37.6. The van der Waals surface area contributed by atoms with Crippen molar-refractivity contribution in [3.05, 3.63) is 205 Å². The molecule has 0 amide bonds. The number of fused-ring (bicyclic) bond motifs is 6. The maximum Gasteiger partial charge on any atom is 0.336 e. The zero-order valence-electron chi connectivity index (χ0n) is 35.9. The Morgan fingerprint density at radius 3 is 0.910 bits per heavy atom. The Balaban J connectivity index is 0.000000152. The molecule has 0 atom stereocenters. The molecule has 0 saturated heterocycles. The third-order valence-electron chi connectivity index (χ3n) is 10.3. The second kappa shape index (κ2) is 22.4. The van der Waals surface area contributed by atoms with Gasteiger partial charge in [0.25, 0.3) is 0 Å². The molecule has 13 nitrogen and oxygen atoms in total. The van der Waals surface area contributed by atoms with Gasteiger partial charge in [-0.2, -0.15) is 0 Å². The molecule has 0 bridgehead atoms. The Morgan fingerprint density at radius 2 is 0.627 bits per heavy atom.